The molecule has 0 aliphatic carbocycles. The largest absolute Gasteiger partial charge is 0.462 e. The van der Waals surface area contributed by atoms with Gasteiger partial charge in [0.25, 0.3) is 0 Å². The number of nitrogens with one attached hydrogen (secondary N) is 1. The number of halogens is 2. The van der Waals surface area contributed by atoms with E-state index in [1.54, 1.807) is 23.7 Å². The van der Waals surface area contributed by atoms with Crippen molar-refractivity contribution in [3.05, 3.63) is 59.3 Å². The molecule has 0 unspecified atom stereocenters. The highest BCUT2D eigenvalue weighted by Gasteiger charge is 2.23. The Morgan fingerprint density at radius 1 is 1.27 bits per heavy atom. The van der Waals surface area contributed by atoms with Crippen molar-refractivity contribution >= 4 is 17.0 Å². The summed E-state index contributed by atoms with van der Waals surface area (Å²) in [5, 5.41) is 6.37. The van der Waals surface area contributed by atoms with E-state index >= 15 is 0 Å². The van der Waals surface area contributed by atoms with Crippen LogP contribution in [0, 0.1) is 17.6 Å². The van der Waals surface area contributed by atoms with E-state index in [4.69, 9.17) is 4.42 Å². The molecule has 1 atom stereocenters. The SMILES string of the molecule is Fc1ccc(N2CC[C@@H](CNCc3csc(-c4ccco4)n3)C2)cc1F. The Bertz CT molecular complexity index is 866. The van der Waals surface area contributed by atoms with Gasteiger partial charge >= 0.3 is 0 Å². The van der Waals surface area contributed by atoms with Gasteiger partial charge in [0.05, 0.1) is 12.0 Å². The third kappa shape index (κ3) is 3.78. The van der Waals surface area contributed by atoms with E-state index in [-0.39, 0.29) is 0 Å². The minimum atomic E-state index is -0.802. The van der Waals surface area contributed by atoms with E-state index in [0.29, 0.717) is 12.5 Å². The Kier molecular flexibility index (Phi) is 4.99. The lowest BCUT2D eigenvalue weighted by molar-refractivity contribution is 0.507. The van der Waals surface area contributed by atoms with Crippen molar-refractivity contribution in [1.82, 2.24) is 10.3 Å². The predicted octanol–water partition coefficient (Wildman–Crippen LogP) is 4.30. The molecule has 0 radical (unpaired) electrons. The van der Waals surface area contributed by atoms with Gasteiger partial charge in [-0.1, -0.05) is 0 Å². The molecule has 1 aromatic carbocycles. The molecule has 2 aromatic heterocycles. The van der Waals surface area contributed by atoms with Crippen molar-refractivity contribution < 1.29 is 13.2 Å². The van der Waals surface area contributed by atoms with Crippen molar-refractivity contribution in [2.24, 2.45) is 5.92 Å². The number of anilines is 1. The van der Waals surface area contributed by atoms with Crippen LogP contribution in [0.15, 0.2) is 46.4 Å². The second kappa shape index (κ2) is 7.55. The monoisotopic (exact) mass is 375 g/mol. The van der Waals surface area contributed by atoms with Crippen molar-refractivity contribution in [3.63, 3.8) is 0 Å². The molecule has 1 aliphatic rings. The molecule has 0 spiro atoms. The first kappa shape index (κ1) is 17.2. The van der Waals surface area contributed by atoms with Crippen LogP contribution in [0.25, 0.3) is 10.8 Å². The minimum Gasteiger partial charge on any atom is -0.462 e. The van der Waals surface area contributed by atoms with Gasteiger partial charge in [-0.3, -0.25) is 0 Å². The van der Waals surface area contributed by atoms with E-state index in [9.17, 15) is 8.78 Å². The number of hydrogen-bond donors (Lipinski definition) is 1. The van der Waals surface area contributed by atoms with Crippen LogP contribution < -0.4 is 10.2 Å². The molecule has 1 aliphatic heterocycles. The number of furan rings is 1. The normalized spacial score (nSPS) is 17.2. The molecule has 0 saturated carbocycles. The van der Waals surface area contributed by atoms with E-state index in [1.165, 1.54) is 12.1 Å². The minimum absolute atomic E-state index is 0.478. The first-order valence-electron chi connectivity index (χ1n) is 8.58. The molecule has 0 bridgehead atoms. The lowest BCUT2D eigenvalue weighted by atomic mass is 10.1. The highest BCUT2D eigenvalue weighted by molar-refractivity contribution is 7.13. The molecule has 3 heterocycles. The number of benzene rings is 1. The first-order valence-corrected chi connectivity index (χ1v) is 9.46. The average molecular weight is 375 g/mol. The lowest BCUT2D eigenvalue weighted by Crippen LogP contribution is -2.26. The first-order chi connectivity index (χ1) is 12.7. The molecule has 3 aromatic rings. The zero-order chi connectivity index (χ0) is 17.9. The number of nitrogens with zero attached hydrogens (tertiary/aromatic N) is 2. The van der Waals surface area contributed by atoms with Crippen LogP contribution in [0.5, 0.6) is 0 Å². The number of aromatic nitrogens is 1. The van der Waals surface area contributed by atoms with Crippen LogP contribution in [-0.2, 0) is 6.54 Å². The summed E-state index contributed by atoms with van der Waals surface area (Å²) in [6, 6.07) is 7.86. The predicted molar refractivity (Wildman–Crippen MR) is 98.2 cm³/mol. The Hall–Kier alpha value is -2.25. The van der Waals surface area contributed by atoms with E-state index < -0.39 is 11.6 Å². The quantitative estimate of drug-likeness (QED) is 0.698. The summed E-state index contributed by atoms with van der Waals surface area (Å²) in [7, 11) is 0. The summed E-state index contributed by atoms with van der Waals surface area (Å²) in [6.45, 7) is 3.27. The van der Waals surface area contributed by atoms with Gasteiger partial charge in [-0.15, -0.1) is 11.3 Å². The van der Waals surface area contributed by atoms with Gasteiger partial charge in [-0.2, -0.15) is 0 Å². The summed E-state index contributed by atoms with van der Waals surface area (Å²) in [6.07, 6.45) is 2.67. The summed E-state index contributed by atoms with van der Waals surface area (Å²) < 4.78 is 31.8. The molecule has 1 fully saturated rings. The van der Waals surface area contributed by atoms with Crippen LogP contribution in [0.3, 0.4) is 0 Å². The van der Waals surface area contributed by atoms with Gasteiger partial charge in [-0.05, 0) is 36.6 Å². The van der Waals surface area contributed by atoms with E-state index in [2.05, 4.69) is 15.2 Å². The fourth-order valence-electron chi connectivity index (χ4n) is 3.22. The van der Waals surface area contributed by atoms with Gasteiger partial charge in [0.1, 0.15) is 0 Å². The highest BCUT2D eigenvalue weighted by Crippen LogP contribution is 2.26. The smallest absolute Gasteiger partial charge is 0.162 e. The molecule has 1 saturated heterocycles. The summed E-state index contributed by atoms with van der Waals surface area (Å²) >= 11 is 1.57. The second-order valence-electron chi connectivity index (χ2n) is 6.45. The lowest BCUT2D eigenvalue weighted by Gasteiger charge is -2.19. The summed E-state index contributed by atoms with van der Waals surface area (Å²) in [5.74, 6) is -0.325. The van der Waals surface area contributed by atoms with Crippen LogP contribution >= 0.6 is 11.3 Å². The topological polar surface area (TPSA) is 41.3 Å². The van der Waals surface area contributed by atoms with Crippen molar-refractivity contribution in [2.45, 2.75) is 13.0 Å². The van der Waals surface area contributed by atoms with Gasteiger partial charge in [0.15, 0.2) is 22.4 Å². The maximum Gasteiger partial charge on any atom is 0.162 e. The zero-order valence-electron chi connectivity index (χ0n) is 14.1. The third-order valence-corrected chi connectivity index (χ3v) is 5.48. The van der Waals surface area contributed by atoms with Crippen molar-refractivity contribution in [3.8, 4) is 10.8 Å². The number of hydrogen-bond acceptors (Lipinski definition) is 5. The Labute approximate surface area is 154 Å². The Morgan fingerprint density at radius 2 is 2.19 bits per heavy atom. The summed E-state index contributed by atoms with van der Waals surface area (Å²) in [4.78, 5) is 6.68. The van der Waals surface area contributed by atoms with Gasteiger partial charge in [0, 0.05) is 43.3 Å². The molecule has 7 heteroatoms. The van der Waals surface area contributed by atoms with Gasteiger partial charge < -0.3 is 14.6 Å². The molecule has 4 rings (SSSR count). The molecule has 4 nitrogen and oxygen atoms in total. The van der Waals surface area contributed by atoms with E-state index in [0.717, 1.165) is 48.2 Å². The number of thiazole rings is 1. The maximum absolute atomic E-state index is 13.4. The fraction of sp³-hybridized carbons (Fsp3) is 0.316. The van der Waals surface area contributed by atoms with Crippen molar-refractivity contribution in [1.29, 1.82) is 0 Å². The molecule has 26 heavy (non-hydrogen) atoms. The van der Waals surface area contributed by atoms with Crippen LogP contribution in [0.4, 0.5) is 14.5 Å². The number of rotatable bonds is 6. The summed E-state index contributed by atoms with van der Waals surface area (Å²) in [5.41, 5.74) is 1.74. The Morgan fingerprint density at radius 3 is 3.00 bits per heavy atom. The van der Waals surface area contributed by atoms with Gasteiger partial charge in [-0.25, -0.2) is 13.8 Å². The van der Waals surface area contributed by atoms with Crippen molar-refractivity contribution in [2.75, 3.05) is 24.5 Å². The van der Waals surface area contributed by atoms with Crippen LogP contribution in [0.1, 0.15) is 12.1 Å². The van der Waals surface area contributed by atoms with E-state index in [1.807, 2.05) is 17.5 Å². The molecule has 0 amide bonds. The Balaban J connectivity index is 1.26. The molecular formula is C19H19F2N3OS. The maximum atomic E-state index is 13.4. The molecule has 136 valence electrons. The zero-order valence-corrected chi connectivity index (χ0v) is 14.9. The third-order valence-electron chi connectivity index (χ3n) is 4.58. The molecular weight excluding hydrogens is 356 g/mol. The molecule has 1 N–H and O–H groups in total. The fourth-order valence-corrected chi connectivity index (χ4v) is 4.01. The van der Waals surface area contributed by atoms with Gasteiger partial charge in [0.2, 0.25) is 0 Å². The standard InChI is InChI=1S/C19H19F2N3OS/c20-16-4-3-15(8-17(16)21)24-6-5-13(11-24)9-22-10-14-12-26-19(23-14)18-2-1-7-25-18/h1-4,7-8,12-13,22H,5-6,9-11H2/t13-/m0/s1. The second-order valence-corrected chi connectivity index (χ2v) is 7.31. The van der Waals surface area contributed by atoms with Crippen LogP contribution in [0.2, 0.25) is 0 Å². The average Bonchev–Trinajstić information content (AvgIpc) is 3.38. The van der Waals surface area contributed by atoms with Crippen LogP contribution in [-0.4, -0.2) is 24.6 Å². The highest BCUT2D eigenvalue weighted by atomic mass is 32.1.